The summed E-state index contributed by atoms with van der Waals surface area (Å²) in [6.07, 6.45) is 5.41. The second-order valence-corrected chi connectivity index (χ2v) is 7.15. The van der Waals surface area contributed by atoms with Crippen molar-refractivity contribution < 1.29 is 0 Å². The zero-order valence-electron chi connectivity index (χ0n) is 14.6. The highest BCUT2D eigenvalue weighted by molar-refractivity contribution is 5.76. The van der Waals surface area contributed by atoms with Crippen LogP contribution in [0, 0.1) is 0 Å². The molecule has 26 heavy (non-hydrogen) atoms. The molecular weight excluding hydrogens is 328 g/mol. The van der Waals surface area contributed by atoms with Gasteiger partial charge in [-0.3, -0.25) is 14.7 Å². The highest BCUT2D eigenvalue weighted by atomic mass is 16.1. The van der Waals surface area contributed by atoms with Crippen LogP contribution in [0.15, 0.2) is 41.3 Å². The van der Waals surface area contributed by atoms with E-state index in [2.05, 4.69) is 19.9 Å². The molecule has 1 N–H and O–H groups in total. The molecule has 1 unspecified atom stereocenters. The van der Waals surface area contributed by atoms with Gasteiger partial charge in [0.25, 0.3) is 5.56 Å². The van der Waals surface area contributed by atoms with Crippen molar-refractivity contribution in [1.82, 2.24) is 24.6 Å². The van der Waals surface area contributed by atoms with Gasteiger partial charge in [-0.1, -0.05) is 24.6 Å². The highest BCUT2D eigenvalue weighted by Crippen LogP contribution is 2.24. The van der Waals surface area contributed by atoms with E-state index in [9.17, 15) is 4.79 Å². The van der Waals surface area contributed by atoms with E-state index in [4.69, 9.17) is 4.98 Å². The third kappa shape index (κ3) is 2.59. The number of hydrogen-bond donors (Lipinski definition) is 1. The van der Waals surface area contributed by atoms with E-state index >= 15 is 0 Å². The van der Waals surface area contributed by atoms with Gasteiger partial charge in [0.15, 0.2) is 5.65 Å². The Morgan fingerprint density at radius 3 is 2.85 bits per heavy atom. The van der Waals surface area contributed by atoms with Crippen LogP contribution in [0.5, 0.6) is 0 Å². The van der Waals surface area contributed by atoms with Gasteiger partial charge >= 0.3 is 0 Å². The van der Waals surface area contributed by atoms with E-state index < -0.39 is 0 Å². The number of anilines is 1. The van der Waals surface area contributed by atoms with Gasteiger partial charge in [-0.15, -0.1) is 0 Å². The number of piperazine rings is 1. The van der Waals surface area contributed by atoms with Crippen molar-refractivity contribution in [3.8, 4) is 5.69 Å². The van der Waals surface area contributed by atoms with Crippen LogP contribution in [0.25, 0.3) is 16.7 Å². The van der Waals surface area contributed by atoms with Gasteiger partial charge in [-0.05, 0) is 31.5 Å². The van der Waals surface area contributed by atoms with E-state index in [0.717, 1.165) is 25.3 Å². The Kier molecular flexibility index (Phi) is 3.74. The van der Waals surface area contributed by atoms with E-state index in [1.54, 1.807) is 10.9 Å². The molecule has 0 amide bonds. The van der Waals surface area contributed by atoms with Gasteiger partial charge in [0.2, 0.25) is 5.95 Å². The molecule has 134 valence electrons. The Morgan fingerprint density at radius 2 is 1.96 bits per heavy atom. The lowest BCUT2D eigenvalue weighted by Crippen LogP contribution is -2.55. The summed E-state index contributed by atoms with van der Waals surface area (Å²) in [7, 11) is 0. The molecule has 2 aromatic heterocycles. The van der Waals surface area contributed by atoms with Crippen molar-refractivity contribution >= 4 is 17.0 Å². The fourth-order valence-electron chi connectivity index (χ4n) is 4.16. The first-order valence-corrected chi connectivity index (χ1v) is 9.32. The topological polar surface area (TPSA) is 70.1 Å². The quantitative estimate of drug-likeness (QED) is 0.763. The Balaban J connectivity index is 1.54. The molecule has 7 nitrogen and oxygen atoms in total. The van der Waals surface area contributed by atoms with E-state index in [1.807, 2.05) is 30.3 Å². The van der Waals surface area contributed by atoms with Gasteiger partial charge in [0.05, 0.1) is 11.9 Å². The molecule has 2 saturated heterocycles. The molecule has 2 aliphatic rings. The summed E-state index contributed by atoms with van der Waals surface area (Å²) >= 11 is 0. The maximum absolute atomic E-state index is 12.6. The molecule has 0 spiro atoms. The zero-order chi connectivity index (χ0) is 17.5. The maximum Gasteiger partial charge on any atom is 0.263 e. The maximum atomic E-state index is 12.6. The number of nitrogens with one attached hydrogen (secondary N) is 1. The summed E-state index contributed by atoms with van der Waals surface area (Å²) in [5.74, 6) is 0.658. The third-order valence-electron chi connectivity index (χ3n) is 5.56. The molecule has 1 aromatic carbocycles. The van der Waals surface area contributed by atoms with E-state index in [0.29, 0.717) is 23.0 Å². The molecule has 1 atom stereocenters. The summed E-state index contributed by atoms with van der Waals surface area (Å²) in [4.78, 5) is 25.1. The Labute approximate surface area is 151 Å². The van der Waals surface area contributed by atoms with Gasteiger partial charge in [-0.25, -0.2) is 4.68 Å². The summed E-state index contributed by atoms with van der Waals surface area (Å²) in [5, 5.41) is 4.91. The molecule has 5 rings (SSSR count). The fourth-order valence-corrected chi connectivity index (χ4v) is 4.16. The standard InChI is InChI=1S/C19H22N6O/c26-18-16-12-20-25(14-6-2-1-3-7-14)17(16)21-19(22-18)24-11-10-23-9-5-4-8-15(23)13-24/h1-3,6-7,12,15H,4-5,8-11,13H2,(H,21,22,26). The number of para-hydroxylation sites is 1. The third-order valence-corrected chi connectivity index (χ3v) is 5.56. The van der Waals surface area contributed by atoms with Gasteiger partial charge in [0, 0.05) is 25.7 Å². The average molecular weight is 350 g/mol. The van der Waals surface area contributed by atoms with Crippen molar-refractivity contribution in [2.24, 2.45) is 0 Å². The number of nitrogens with zero attached hydrogens (tertiary/aromatic N) is 5. The first-order valence-electron chi connectivity index (χ1n) is 9.32. The van der Waals surface area contributed by atoms with Crippen LogP contribution in [-0.4, -0.2) is 56.9 Å². The van der Waals surface area contributed by atoms with Crippen LogP contribution in [0.2, 0.25) is 0 Å². The van der Waals surface area contributed by atoms with Crippen LogP contribution in [0.4, 0.5) is 5.95 Å². The summed E-state index contributed by atoms with van der Waals surface area (Å²) < 4.78 is 1.74. The number of fused-ring (bicyclic) bond motifs is 2. The van der Waals surface area contributed by atoms with Crippen LogP contribution in [0.1, 0.15) is 19.3 Å². The second-order valence-electron chi connectivity index (χ2n) is 7.15. The summed E-state index contributed by atoms with van der Waals surface area (Å²) in [6, 6.07) is 10.4. The summed E-state index contributed by atoms with van der Waals surface area (Å²) in [5.41, 5.74) is 1.39. The number of benzene rings is 1. The number of hydrogen-bond acceptors (Lipinski definition) is 5. The average Bonchev–Trinajstić information content (AvgIpc) is 3.13. The molecular formula is C19H22N6O. The van der Waals surface area contributed by atoms with Crippen LogP contribution >= 0.6 is 0 Å². The lowest BCUT2D eigenvalue weighted by Gasteiger charge is -2.44. The fraction of sp³-hybridized carbons (Fsp3) is 0.421. The normalized spacial score (nSPS) is 21.1. The van der Waals surface area contributed by atoms with Crippen molar-refractivity contribution in [2.45, 2.75) is 25.3 Å². The van der Waals surface area contributed by atoms with Crippen LogP contribution < -0.4 is 10.5 Å². The molecule has 7 heteroatoms. The van der Waals surface area contributed by atoms with Crippen LogP contribution in [-0.2, 0) is 0 Å². The van der Waals surface area contributed by atoms with E-state index in [-0.39, 0.29) is 5.56 Å². The van der Waals surface area contributed by atoms with Crippen molar-refractivity contribution in [1.29, 1.82) is 0 Å². The lowest BCUT2D eigenvalue weighted by molar-refractivity contribution is 0.133. The number of rotatable bonds is 2. The molecule has 4 heterocycles. The van der Waals surface area contributed by atoms with Crippen molar-refractivity contribution in [3.63, 3.8) is 0 Å². The predicted molar refractivity (Wildman–Crippen MR) is 101 cm³/mol. The Morgan fingerprint density at radius 1 is 1.08 bits per heavy atom. The molecule has 2 fully saturated rings. The predicted octanol–water partition coefficient (Wildman–Crippen LogP) is 1.78. The smallest absolute Gasteiger partial charge is 0.263 e. The van der Waals surface area contributed by atoms with Gasteiger partial charge in [0.1, 0.15) is 5.39 Å². The lowest BCUT2D eigenvalue weighted by atomic mass is 10.00. The largest absolute Gasteiger partial charge is 0.339 e. The highest BCUT2D eigenvalue weighted by Gasteiger charge is 2.30. The number of piperidine rings is 1. The van der Waals surface area contributed by atoms with Crippen molar-refractivity contribution in [2.75, 3.05) is 31.1 Å². The van der Waals surface area contributed by atoms with Gasteiger partial charge < -0.3 is 4.90 Å². The van der Waals surface area contributed by atoms with Crippen LogP contribution in [0.3, 0.4) is 0 Å². The molecule has 2 aliphatic heterocycles. The molecule has 0 aliphatic carbocycles. The SMILES string of the molecule is O=c1[nH]c(N2CCN3CCCCC3C2)nc2c1cnn2-c1ccccc1. The number of aromatic nitrogens is 4. The Bertz CT molecular complexity index is 979. The van der Waals surface area contributed by atoms with E-state index in [1.165, 1.54) is 25.8 Å². The monoisotopic (exact) mass is 350 g/mol. The zero-order valence-corrected chi connectivity index (χ0v) is 14.6. The first-order chi connectivity index (χ1) is 12.8. The minimum Gasteiger partial charge on any atom is -0.339 e. The molecule has 3 aromatic rings. The second kappa shape index (κ2) is 6.25. The van der Waals surface area contributed by atoms with Crippen molar-refractivity contribution in [3.05, 3.63) is 46.9 Å². The first kappa shape index (κ1) is 15.6. The minimum absolute atomic E-state index is 0.127. The molecule has 0 bridgehead atoms. The summed E-state index contributed by atoms with van der Waals surface area (Å²) in [6.45, 7) is 4.05. The number of aromatic amines is 1. The number of H-pyrrole nitrogens is 1. The minimum atomic E-state index is -0.127. The molecule has 0 saturated carbocycles. The Hall–Kier alpha value is -2.67. The molecule has 0 radical (unpaired) electrons. The van der Waals surface area contributed by atoms with Gasteiger partial charge in [-0.2, -0.15) is 10.1 Å².